The lowest BCUT2D eigenvalue weighted by molar-refractivity contribution is 0.292. The maximum atomic E-state index is 9.16. The van der Waals surface area contributed by atoms with Crippen molar-refractivity contribution >= 4 is 27.6 Å². The zero-order valence-corrected chi connectivity index (χ0v) is 16.0. The van der Waals surface area contributed by atoms with Crippen molar-refractivity contribution in [3.8, 4) is 17.2 Å². The van der Waals surface area contributed by atoms with Crippen LogP contribution >= 0.6 is 15.9 Å². The second-order valence-electron chi connectivity index (χ2n) is 6.96. The van der Waals surface area contributed by atoms with Gasteiger partial charge in [-0.15, -0.1) is 0 Å². The Labute approximate surface area is 160 Å². The van der Waals surface area contributed by atoms with Crippen LogP contribution < -0.4 is 16.4 Å². The number of nitrogens with zero attached hydrogens (tertiary/aromatic N) is 4. The van der Waals surface area contributed by atoms with E-state index in [2.05, 4.69) is 49.6 Å². The number of halogens is 1. The molecule has 0 bridgehead atoms. The monoisotopic (exact) mass is 413 g/mol. The van der Waals surface area contributed by atoms with Gasteiger partial charge in [0.15, 0.2) is 0 Å². The van der Waals surface area contributed by atoms with Gasteiger partial charge in [-0.2, -0.15) is 10.4 Å². The second-order valence-corrected chi connectivity index (χ2v) is 7.76. The van der Waals surface area contributed by atoms with Crippen LogP contribution in [0.3, 0.4) is 0 Å². The van der Waals surface area contributed by atoms with Crippen LogP contribution in [0.4, 0.5) is 5.82 Å². The van der Waals surface area contributed by atoms with Gasteiger partial charge in [0.05, 0.1) is 21.8 Å². The Balaban J connectivity index is 1.80. The predicted octanol–water partition coefficient (Wildman–Crippen LogP) is 2.48. The van der Waals surface area contributed by atoms with Crippen LogP contribution in [0, 0.1) is 17.2 Å². The predicted molar refractivity (Wildman–Crippen MR) is 104 cm³/mol. The van der Waals surface area contributed by atoms with E-state index in [9.17, 15) is 0 Å². The van der Waals surface area contributed by atoms with Crippen LogP contribution in [0.2, 0.25) is 0 Å². The highest BCUT2D eigenvalue weighted by Crippen LogP contribution is 2.44. The summed E-state index contributed by atoms with van der Waals surface area (Å²) in [6.45, 7) is 4.16. The zero-order valence-electron chi connectivity index (χ0n) is 14.5. The molecule has 2 aliphatic heterocycles. The summed E-state index contributed by atoms with van der Waals surface area (Å²) in [6, 6.07) is 3.95. The molecule has 1 saturated heterocycles. The first-order valence-corrected chi connectivity index (χ1v) is 9.42. The third kappa shape index (κ3) is 2.59. The minimum atomic E-state index is -0.331. The Hall–Kier alpha value is -2.37. The number of nitrogens with two attached hydrogens (primary N) is 1. The molecule has 2 unspecified atom stereocenters. The van der Waals surface area contributed by atoms with Crippen LogP contribution in [-0.2, 0) is 0 Å². The van der Waals surface area contributed by atoms with E-state index in [1.54, 1.807) is 23.3 Å². The number of anilines is 1. The van der Waals surface area contributed by atoms with Gasteiger partial charge in [-0.3, -0.25) is 4.98 Å². The molecule has 2 aliphatic rings. The van der Waals surface area contributed by atoms with Gasteiger partial charge in [0.2, 0.25) is 0 Å². The van der Waals surface area contributed by atoms with Crippen LogP contribution in [0.5, 0.6) is 0 Å². The summed E-state index contributed by atoms with van der Waals surface area (Å²) in [5.74, 6) is 1.81. The summed E-state index contributed by atoms with van der Waals surface area (Å²) in [7, 11) is 0. The van der Waals surface area contributed by atoms with Gasteiger partial charge in [0.1, 0.15) is 17.7 Å². The molecule has 0 spiro atoms. The molecule has 4 rings (SSSR count). The summed E-state index contributed by atoms with van der Waals surface area (Å²) in [5.41, 5.74) is 8.33. The molecule has 134 valence electrons. The lowest BCUT2D eigenvalue weighted by Crippen LogP contribution is -2.52. The third-order valence-electron chi connectivity index (χ3n) is 5.35. The molecule has 0 aliphatic carbocycles. The molecule has 7 nitrogen and oxygen atoms in total. The van der Waals surface area contributed by atoms with Gasteiger partial charge in [-0.1, -0.05) is 0 Å². The van der Waals surface area contributed by atoms with Crippen LogP contribution in [-0.4, -0.2) is 33.4 Å². The number of hydrogen-bond acceptors (Lipinski definition) is 6. The lowest BCUT2D eigenvalue weighted by Gasteiger charge is -2.44. The number of rotatable bonds is 2. The highest BCUT2D eigenvalue weighted by atomic mass is 79.9. The molecule has 26 heavy (non-hydrogen) atoms. The van der Waals surface area contributed by atoms with Crippen molar-refractivity contribution in [3.05, 3.63) is 34.7 Å². The molecule has 4 heterocycles. The zero-order chi connectivity index (χ0) is 18.3. The van der Waals surface area contributed by atoms with E-state index in [1.807, 2.05) is 6.07 Å². The highest BCUT2D eigenvalue weighted by Gasteiger charge is 2.43. The molecule has 1 fully saturated rings. The molecule has 4 N–H and O–H groups in total. The van der Waals surface area contributed by atoms with Gasteiger partial charge in [-0.25, -0.2) is 4.68 Å². The Morgan fingerprint density at radius 2 is 2.27 bits per heavy atom. The molecule has 0 saturated carbocycles. The Bertz CT molecular complexity index is 920. The van der Waals surface area contributed by atoms with Crippen molar-refractivity contribution in [1.29, 1.82) is 5.26 Å². The number of piperidine rings is 1. The van der Waals surface area contributed by atoms with Crippen molar-refractivity contribution in [2.45, 2.75) is 25.3 Å². The highest BCUT2D eigenvalue weighted by molar-refractivity contribution is 9.12. The summed E-state index contributed by atoms with van der Waals surface area (Å²) in [5, 5.41) is 20.8. The van der Waals surface area contributed by atoms with Gasteiger partial charge >= 0.3 is 0 Å². The number of nitrogens with one attached hydrogen (secondary N) is 2. The second kappa shape index (κ2) is 6.41. The van der Waals surface area contributed by atoms with E-state index in [1.165, 1.54) is 0 Å². The summed E-state index contributed by atoms with van der Waals surface area (Å²) >= 11 is 3.72. The maximum absolute atomic E-state index is 9.16. The number of nitriles is 1. The maximum Gasteiger partial charge on any atom is 0.140 e. The molecule has 2 aromatic heterocycles. The third-order valence-corrected chi connectivity index (χ3v) is 6.58. The largest absolute Gasteiger partial charge is 0.383 e. The number of pyridine rings is 1. The van der Waals surface area contributed by atoms with E-state index in [-0.39, 0.29) is 5.54 Å². The van der Waals surface area contributed by atoms with Crippen molar-refractivity contribution < 1.29 is 0 Å². The van der Waals surface area contributed by atoms with E-state index in [4.69, 9.17) is 11.0 Å². The molecule has 8 heteroatoms. The van der Waals surface area contributed by atoms with Gasteiger partial charge < -0.3 is 16.4 Å². The fraction of sp³-hybridized carbons (Fsp3) is 0.389. The van der Waals surface area contributed by atoms with E-state index >= 15 is 0 Å². The van der Waals surface area contributed by atoms with Crippen molar-refractivity contribution in [3.63, 3.8) is 0 Å². The Morgan fingerprint density at radius 3 is 3.00 bits per heavy atom. The average molecular weight is 414 g/mol. The first-order chi connectivity index (χ1) is 12.5. The SMILES string of the molecule is CC1(C2CCCNC2)Nc2c(-c3cncc(C#N)c3)cnn2C(N)=C1Br. The van der Waals surface area contributed by atoms with Crippen LogP contribution in [0.1, 0.15) is 25.3 Å². The first kappa shape index (κ1) is 17.1. The number of hydrogen-bond donors (Lipinski definition) is 3. The minimum Gasteiger partial charge on any atom is -0.383 e. The van der Waals surface area contributed by atoms with Gasteiger partial charge in [-0.05, 0) is 54.2 Å². The smallest absolute Gasteiger partial charge is 0.140 e. The minimum absolute atomic E-state index is 0.331. The van der Waals surface area contributed by atoms with Gasteiger partial charge in [0, 0.05) is 30.1 Å². The summed E-state index contributed by atoms with van der Waals surface area (Å²) < 4.78 is 2.63. The molecular weight excluding hydrogens is 394 g/mol. The van der Waals surface area contributed by atoms with Crippen LogP contribution in [0.15, 0.2) is 29.1 Å². The first-order valence-electron chi connectivity index (χ1n) is 8.63. The molecular formula is C18H20BrN7. The Kier molecular flexibility index (Phi) is 4.21. The lowest BCUT2D eigenvalue weighted by atomic mass is 9.79. The summed E-state index contributed by atoms with van der Waals surface area (Å²) in [4.78, 5) is 4.17. The topological polar surface area (TPSA) is 105 Å². The molecule has 2 atom stereocenters. The fourth-order valence-corrected chi connectivity index (χ4v) is 4.39. The van der Waals surface area contributed by atoms with Crippen molar-refractivity contribution in [2.75, 3.05) is 18.4 Å². The molecule has 0 amide bonds. The quantitative estimate of drug-likeness (QED) is 0.698. The van der Waals surface area contributed by atoms with Gasteiger partial charge in [0.25, 0.3) is 0 Å². The Morgan fingerprint density at radius 1 is 1.42 bits per heavy atom. The molecule has 0 radical (unpaired) electrons. The molecule has 2 aromatic rings. The van der Waals surface area contributed by atoms with Crippen molar-refractivity contribution in [2.24, 2.45) is 11.7 Å². The van der Waals surface area contributed by atoms with Crippen molar-refractivity contribution in [1.82, 2.24) is 20.1 Å². The summed E-state index contributed by atoms with van der Waals surface area (Å²) in [6.07, 6.45) is 7.31. The normalized spacial score (nSPS) is 25.3. The number of aromatic nitrogens is 3. The average Bonchev–Trinajstić information content (AvgIpc) is 3.10. The van der Waals surface area contributed by atoms with E-state index < -0.39 is 0 Å². The van der Waals surface area contributed by atoms with Crippen LogP contribution in [0.25, 0.3) is 16.9 Å². The standard InChI is InChI=1S/C18H20BrN7/c1-18(13-3-2-4-22-9-13)15(19)16(21)26-17(25-18)14(10-24-26)12-5-11(6-20)7-23-8-12/h5,7-8,10,13,22,25H,2-4,9,21H2,1H3. The molecule has 0 aromatic carbocycles. The van der Waals surface area contributed by atoms with E-state index in [0.717, 1.165) is 47.4 Å². The number of fused-ring (bicyclic) bond motifs is 1. The van der Waals surface area contributed by atoms with E-state index in [0.29, 0.717) is 17.3 Å². The fourth-order valence-electron chi connectivity index (χ4n) is 3.80.